The van der Waals surface area contributed by atoms with Crippen LogP contribution in [0.4, 0.5) is 5.69 Å². The number of hydroxylamine groups is 2. The summed E-state index contributed by atoms with van der Waals surface area (Å²) in [5.41, 5.74) is 7.35. The number of rotatable bonds is 28. The fourth-order valence-corrected chi connectivity index (χ4v) is 5.17. The summed E-state index contributed by atoms with van der Waals surface area (Å²) in [5, 5.41) is 21.4. The molecule has 1 aliphatic rings. The first-order valence-electron chi connectivity index (χ1n) is 18.1. The van der Waals surface area contributed by atoms with Crippen LogP contribution >= 0.6 is 0 Å². The van der Waals surface area contributed by atoms with Crippen LogP contribution < -0.4 is 27.0 Å². The number of ether oxygens (including phenoxy) is 4. The second-order valence-corrected chi connectivity index (χ2v) is 12.5. The molecule has 1 aliphatic heterocycles. The molecule has 0 saturated heterocycles. The quantitative estimate of drug-likeness (QED) is 0.0400. The molecular weight excluding hydrogens is 704 g/mol. The van der Waals surface area contributed by atoms with Crippen LogP contribution in [0.15, 0.2) is 48.5 Å². The Hall–Kier alpha value is -4.33. The lowest BCUT2D eigenvalue weighted by Crippen LogP contribution is -2.54. The lowest BCUT2D eigenvalue weighted by Gasteiger charge is -2.25. The van der Waals surface area contributed by atoms with Gasteiger partial charge in [0.1, 0.15) is 12.1 Å². The number of nitrogens with one attached hydrogen (secondary N) is 4. The third kappa shape index (κ3) is 15.2. The summed E-state index contributed by atoms with van der Waals surface area (Å²) in [7, 11) is 0. The minimum atomic E-state index is -0.870. The van der Waals surface area contributed by atoms with Gasteiger partial charge in [-0.2, -0.15) is 0 Å². The van der Waals surface area contributed by atoms with E-state index < -0.39 is 35.7 Å². The second kappa shape index (κ2) is 24.9. The largest absolute Gasteiger partial charge is 0.392 e. The summed E-state index contributed by atoms with van der Waals surface area (Å²) in [5.74, 6) is -2.48. The van der Waals surface area contributed by atoms with Gasteiger partial charge in [0.05, 0.1) is 77.2 Å². The van der Waals surface area contributed by atoms with E-state index in [-0.39, 0.29) is 57.9 Å². The third-order valence-electron chi connectivity index (χ3n) is 8.09. The van der Waals surface area contributed by atoms with Crippen LogP contribution in [0.1, 0.15) is 59.4 Å². The van der Waals surface area contributed by atoms with Crippen molar-refractivity contribution < 1.29 is 52.9 Å². The van der Waals surface area contributed by atoms with Crippen molar-refractivity contribution in [1.29, 1.82) is 0 Å². The number of carbonyl (C=O) groups is 5. The van der Waals surface area contributed by atoms with Crippen LogP contribution in [0, 0.1) is 5.92 Å². The van der Waals surface area contributed by atoms with Gasteiger partial charge in [-0.1, -0.05) is 38.1 Å². The topological polar surface area (TPSA) is 229 Å². The van der Waals surface area contributed by atoms with Gasteiger partial charge in [-0.15, -0.1) is 5.06 Å². The maximum atomic E-state index is 13.3. The first kappa shape index (κ1) is 44.1. The molecule has 2 aromatic rings. The Balaban J connectivity index is 1.23. The van der Waals surface area contributed by atoms with Gasteiger partial charge in [-0.25, -0.2) is 0 Å². The second-order valence-electron chi connectivity index (χ2n) is 12.5. The molecule has 1 heterocycles. The predicted octanol–water partition coefficient (Wildman–Crippen LogP) is 0.713. The van der Waals surface area contributed by atoms with Gasteiger partial charge in [0, 0.05) is 18.8 Å². The SMILES string of the molecule is CC(C)C(NC(=O)CCOCCOCCOCCOCCON1C(=O)c2ccccc2C1=O)C(=O)NC(CCCNCN)C(=O)Nc1ccc(CO)cc1. The molecule has 7 N–H and O–H groups in total. The maximum Gasteiger partial charge on any atom is 0.285 e. The highest BCUT2D eigenvalue weighted by atomic mass is 16.7. The maximum absolute atomic E-state index is 13.3. The zero-order chi connectivity index (χ0) is 39.1. The zero-order valence-corrected chi connectivity index (χ0v) is 31.0. The number of benzene rings is 2. The van der Waals surface area contributed by atoms with Crippen molar-refractivity contribution in [2.24, 2.45) is 11.7 Å². The van der Waals surface area contributed by atoms with Gasteiger partial charge in [0.2, 0.25) is 17.7 Å². The molecule has 3 rings (SSSR count). The minimum absolute atomic E-state index is 0.0292. The number of hydrogen-bond donors (Lipinski definition) is 6. The number of nitrogens with zero attached hydrogens (tertiary/aromatic N) is 1. The standard InChI is InChI=1S/C37H54N6O11/c1-26(2)33(35(47)41-31(8-5-14-39-25-38)34(46)40-28-11-9-27(24-44)10-12-28)42-32(45)13-15-50-16-17-51-18-19-52-20-21-53-22-23-54-43-36(48)29-6-3-4-7-30(29)37(43)49/h3-4,6-7,9-12,26,31,33,39,44H,5,8,13-25,38H2,1-2H3,(H,40,46)(H,41,47)(H,42,45). The molecule has 5 amide bonds. The molecule has 298 valence electrons. The number of anilines is 1. The molecule has 0 spiro atoms. The van der Waals surface area contributed by atoms with Gasteiger partial charge in [0.15, 0.2) is 0 Å². The fourth-order valence-electron chi connectivity index (χ4n) is 5.17. The van der Waals surface area contributed by atoms with Crippen molar-refractivity contribution in [1.82, 2.24) is 21.0 Å². The normalized spacial score (nSPS) is 13.5. The smallest absolute Gasteiger partial charge is 0.285 e. The lowest BCUT2D eigenvalue weighted by molar-refractivity contribution is -0.132. The molecule has 0 fully saturated rings. The minimum Gasteiger partial charge on any atom is -0.392 e. The van der Waals surface area contributed by atoms with Gasteiger partial charge >= 0.3 is 0 Å². The van der Waals surface area contributed by atoms with Crippen LogP contribution in [0.3, 0.4) is 0 Å². The molecule has 17 heteroatoms. The highest BCUT2D eigenvalue weighted by Crippen LogP contribution is 2.22. The molecule has 2 aromatic carbocycles. The molecule has 0 radical (unpaired) electrons. The Morgan fingerprint density at radius 2 is 1.31 bits per heavy atom. The van der Waals surface area contributed by atoms with Crippen molar-refractivity contribution in [3.63, 3.8) is 0 Å². The van der Waals surface area contributed by atoms with Crippen LogP contribution in [-0.4, -0.2) is 124 Å². The Kier molecular flexibility index (Phi) is 20.3. The predicted molar refractivity (Wildman–Crippen MR) is 197 cm³/mol. The van der Waals surface area contributed by atoms with Crippen molar-refractivity contribution in [3.8, 4) is 0 Å². The number of fused-ring (bicyclic) bond motifs is 1. The van der Waals surface area contributed by atoms with Gasteiger partial charge < -0.3 is 51.1 Å². The van der Waals surface area contributed by atoms with Crippen LogP contribution in [-0.2, 0) is 44.8 Å². The van der Waals surface area contributed by atoms with E-state index in [2.05, 4.69) is 21.3 Å². The highest BCUT2D eigenvalue weighted by molar-refractivity contribution is 6.20. The fraction of sp³-hybridized carbons (Fsp3) is 0.541. The Bertz CT molecular complexity index is 1440. The molecular formula is C37H54N6O11. The third-order valence-corrected chi connectivity index (χ3v) is 8.09. The molecule has 0 saturated carbocycles. The summed E-state index contributed by atoms with van der Waals surface area (Å²) in [4.78, 5) is 68.9. The molecule has 0 aromatic heterocycles. The average Bonchev–Trinajstić information content (AvgIpc) is 3.41. The van der Waals surface area contributed by atoms with Gasteiger partial charge in [0.25, 0.3) is 11.8 Å². The number of aliphatic hydroxyl groups excluding tert-OH is 1. The van der Waals surface area contributed by atoms with Crippen molar-refractivity contribution in [2.75, 3.05) is 78.0 Å². The number of hydrogen-bond acceptors (Lipinski definition) is 13. The zero-order valence-electron chi connectivity index (χ0n) is 31.0. The monoisotopic (exact) mass is 758 g/mol. The first-order chi connectivity index (χ1) is 26.2. The average molecular weight is 759 g/mol. The number of amides is 5. The van der Waals surface area contributed by atoms with Crippen LogP contribution in [0.25, 0.3) is 0 Å². The highest BCUT2D eigenvalue weighted by Gasteiger charge is 2.36. The van der Waals surface area contributed by atoms with E-state index in [1.54, 1.807) is 62.4 Å². The van der Waals surface area contributed by atoms with Crippen molar-refractivity contribution >= 4 is 35.2 Å². The van der Waals surface area contributed by atoms with Crippen molar-refractivity contribution in [2.45, 2.75) is 51.8 Å². The van der Waals surface area contributed by atoms with E-state index in [1.165, 1.54) is 0 Å². The number of carbonyl (C=O) groups excluding carboxylic acids is 5. The van der Waals surface area contributed by atoms with Gasteiger partial charge in [-0.05, 0) is 55.1 Å². The molecule has 2 atom stereocenters. The van der Waals surface area contributed by atoms with Crippen LogP contribution in [0.2, 0.25) is 0 Å². The lowest BCUT2D eigenvalue weighted by atomic mass is 10.0. The van der Waals surface area contributed by atoms with E-state index >= 15 is 0 Å². The number of aliphatic hydroxyl groups is 1. The number of nitrogens with two attached hydrogens (primary N) is 1. The van der Waals surface area contributed by atoms with E-state index in [0.29, 0.717) is 74.8 Å². The first-order valence-corrected chi connectivity index (χ1v) is 18.1. The molecule has 2 unspecified atom stereocenters. The summed E-state index contributed by atoms with van der Waals surface area (Å²) < 4.78 is 21.8. The van der Waals surface area contributed by atoms with E-state index in [0.717, 1.165) is 5.06 Å². The molecule has 17 nitrogen and oxygen atoms in total. The van der Waals surface area contributed by atoms with E-state index in [9.17, 15) is 29.1 Å². The Morgan fingerprint density at radius 3 is 1.85 bits per heavy atom. The Labute approximate surface area is 315 Å². The molecule has 0 bridgehead atoms. The van der Waals surface area contributed by atoms with Crippen LogP contribution in [0.5, 0.6) is 0 Å². The van der Waals surface area contributed by atoms with Gasteiger partial charge in [-0.3, -0.25) is 28.8 Å². The summed E-state index contributed by atoms with van der Waals surface area (Å²) in [6.45, 7) is 6.49. The summed E-state index contributed by atoms with van der Waals surface area (Å²) in [6.07, 6.45) is 0.946. The van der Waals surface area contributed by atoms with Crippen molar-refractivity contribution in [3.05, 3.63) is 65.2 Å². The summed E-state index contributed by atoms with van der Waals surface area (Å²) >= 11 is 0. The number of imide groups is 1. The molecule has 0 aliphatic carbocycles. The molecule has 54 heavy (non-hydrogen) atoms. The summed E-state index contributed by atoms with van der Waals surface area (Å²) in [6, 6.07) is 11.5. The van der Waals surface area contributed by atoms with E-state index in [4.69, 9.17) is 29.5 Å². The Morgan fingerprint density at radius 1 is 0.759 bits per heavy atom. The van der Waals surface area contributed by atoms with E-state index in [1.807, 2.05) is 0 Å².